The lowest BCUT2D eigenvalue weighted by Gasteiger charge is -2.14. The van der Waals surface area contributed by atoms with Crippen molar-refractivity contribution in [2.75, 3.05) is 11.9 Å². The van der Waals surface area contributed by atoms with Crippen molar-refractivity contribution >= 4 is 17.6 Å². The third kappa shape index (κ3) is 3.17. The highest BCUT2D eigenvalue weighted by molar-refractivity contribution is 6.02. The van der Waals surface area contributed by atoms with Crippen molar-refractivity contribution < 1.29 is 9.59 Å². The third-order valence-electron chi connectivity index (χ3n) is 4.32. The number of urea groups is 1. The van der Waals surface area contributed by atoms with Crippen molar-refractivity contribution in [2.24, 2.45) is 0 Å². The van der Waals surface area contributed by atoms with Gasteiger partial charge < -0.3 is 16.0 Å². The summed E-state index contributed by atoms with van der Waals surface area (Å²) in [6.07, 6.45) is 5.17. The van der Waals surface area contributed by atoms with Crippen molar-refractivity contribution in [2.45, 2.75) is 44.1 Å². The fraction of sp³-hybridized carbons (Fsp3) is 0.500. The summed E-state index contributed by atoms with van der Waals surface area (Å²) >= 11 is 0. The average molecular weight is 287 g/mol. The first-order valence-corrected chi connectivity index (χ1v) is 7.68. The molecular formula is C16H21N3O2. The summed E-state index contributed by atoms with van der Waals surface area (Å²) < 4.78 is 0. The SMILES string of the molecule is O=C(NCCC1C(=O)Nc2ccccc21)NC1CCCC1. The third-order valence-corrected chi connectivity index (χ3v) is 4.32. The molecule has 0 spiro atoms. The van der Waals surface area contributed by atoms with E-state index >= 15 is 0 Å². The highest BCUT2D eigenvalue weighted by Gasteiger charge is 2.29. The number of nitrogens with one attached hydrogen (secondary N) is 3. The molecule has 3 rings (SSSR count). The van der Waals surface area contributed by atoms with Crippen LogP contribution in [0, 0.1) is 0 Å². The van der Waals surface area contributed by atoms with Crippen molar-refractivity contribution in [3.8, 4) is 0 Å². The van der Waals surface area contributed by atoms with E-state index in [-0.39, 0.29) is 17.9 Å². The number of carbonyl (C=O) groups is 2. The van der Waals surface area contributed by atoms with Crippen LogP contribution in [-0.2, 0) is 4.79 Å². The van der Waals surface area contributed by atoms with Gasteiger partial charge in [-0.1, -0.05) is 31.0 Å². The van der Waals surface area contributed by atoms with Crippen LogP contribution < -0.4 is 16.0 Å². The first-order chi connectivity index (χ1) is 10.2. The molecule has 21 heavy (non-hydrogen) atoms. The standard InChI is InChI=1S/C16H21N3O2/c20-15-13(12-7-3-4-8-14(12)19-15)9-10-17-16(21)18-11-5-1-2-6-11/h3-4,7-8,11,13H,1-2,5-6,9-10H2,(H,19,20)(H2,17,18,21). The molecule has 1 aliphatic heterocycles. The lowest BCUT2D eigenvalue weighted by atomic mass is 9.97. The van der Waals surface area contributed by atoms with Crippen LogP contribution in [0.2, 0.25) is 0 Å². The Labute approximate surface area is 124 Å². The Morgan fingerprint density at radius 2 is 2.00 bits per heavy atom. The van der Waals surface area contributed by atoms with E-state index in [0.717, 1.165) is 24.1 Å². The van der Waals surface area contributed by atoms with E-state index in [1.165, 1.54) is 12.8 Å². The Hall–Kier alpha value is -2.04. The number of anilines is 1. The quantitative estimate of drug-likeness (QED) is 0.795. The monoisotopic (exact) mass is 287 g/mol. The number of hydrogen-bond donors (Lipinski definition) is 3. The van der Waals surface area contributed by atoms with Crippen molar-refractivity contribution in [3.05, 3.63) is 29.8 Å². The molecule has 3 N–H and O–H groups in total. The van der Waals surface area contributed by atoms with E-state index in [9.17, 15) is 9.59 Å². The van der Waals surface area contributed by atoms with Crippen LogP contribution in [0.25, 0.3) is 0 Å². The van der Waals surface area contributed by atoms with Gasteiger partial charge >= 0.3 is 6.03 Å². The fourth-order valence-electron chi connectivity index (χ4n) is 3.20. The Bertz CT molecular complexity index is 538. The van der Waals surface area contributed by atoms with E-state index in [1.54, 1.807) is 0 Å². The molecular weight excluding hydrogens is 266 g/mol. The summed E-state index contributed by atoms with van der Waals surface area (Å²) in [7, 11) is 0. The topological polar surface area (TPSA) is 70.2 Å². The molecule has 1 unspecified atom stereocenters. The van der Waals surface area contributed by atoms with Crippen molar-refractivity contribution in [1.82, 2.24) is 10.6 Å². The normalized spacial score (nSPS) is 21.0. The molecule has 1 saturated carbocycles. The first kappa shape index (κ1) is 13.9. The fourth-order valence-corrected chi connectivity index (χ4v) is 3.20. The molecule has 1 heterocycles. The van der Waals surface area contributed by atoms with Crippen LogP contribution in [0.5, 0.6) is 0 Å². The van der Waals surface area contributed by atoms with Gasteiger partial charge in [0.15, 0.2) is 0 Å². The van der Waals surface area contributed by atoms with E-state index in [0.29, 0.717) is 19.0 Å². The number of carbonyl (C=O) groups excluding carboxylic acids is 2. The molecule has 1 fully saturated rings. The molecule has 1 aromatic rings. The minimum atomic E-state index is -0.159. The lowest BCUT2D eigenvalue weighted by molar-refractivity contribution is -0.117. The van der Waals surface area contributed by atoms with Crippen LogP contribution >= 0.6 is 0 Å². The van der Waals surface area contributed by atoms with E-state index in [1.807, 2.05) is 24.3 Å². The Morgan fingerprint density at radius 1 is 1.24 bits per heavy atom. The van der Waals surface area contributed by atoms with Gasteiger partial charge in [0.1, 0.15) is 0 Å². The minimum absolute atomic E-state index is 0.0224. The number of rotatable bonds is 4. The van der Waals surface area contributed by atoms with Crippen molar-refractivity contribution in [1.29, 1.82) is 0 Å². The second-order valence-electron chi connectivity index (χ2n) is 5.80. The predicted octanol–water partition coefficient (Wildman–Crippen LogP) is 2.35. The molecule has 0 bridgehead atoms. The van der Waals surface area contributed by atoms with Crippen molar-refractivity contribution in [3.63, 3.8) is 0 Å². The maximum absolute atomic E-state index is 11.9. The predicted molar refractivity (Wildman–Crippen MR) is 81.2 cm³/mol. The summed E-state index contributed by atoms with van der Waals surface area (Å²) in [4.78, 5) is 23.7. The van der Waals surface area contributed by atoms with Gasteiger partial charge in [0.2, 0.25) is 5.91 Å². The van der Waals surface area contributed by atoms with Gasteiger partial charge in [0.25, 0.3) is 0 Å². The van der Waals surface area contributed by atoms with Gasteiger partial charge in [-0.25, -0.2) is 4.79 Å². The maximum Gasteiger partial charge on any atom is 0.315 e. The number of para-hydroxylation sites is 1. The summed E-state index contributed by atoms with van der Waals surface area (Å²) in [5.74, 6) is -0.137. The molecule has 112 valence electrons. The summed E-state index contributed by atoms with van der Waals surface area (Å²) in [5.41, 5.74) is 1.92. The van der Waals surface area contributed by atoms with Gasteiger partial charge in [0, 0.05) is 18.3 Å². The van der Waals surface area contributed by atoms with Crippen LogP contribution in [0.15, 0.2) is 24.3 Å². The van der Waals surface area contributed by atoms with Gasteiger partial charge in [-0.05, 0) is 30.9 Å². The summed E-state index contributed by atoms with van der Waals surface area (Å²) in [6, 6.07) is 7.93. The lowest BCUT2D eigenvalue weighted by Crippen LogP contribution is -2.41. The van der Waals surface area contributed by atoms with Crippen LogP contribution in [-0.4, -0.2) is 24.5 Å². The smallest absolute Gasteiger partial charge is 0.315 e. The van der Waals surface area contributed by atoms with E-state index in [2.05, 4.69) is 16.0 Å². The van der Waals surface area contributed by atoms with Crippen LogP contribution in [0.1, 0.15) is 43.6 Å². The summed E-state index contributed by atoms with van der Waals surface area (Å²) in [5, 5.41) is 8.72. The molecule has 1 aliphatic carbocycles. The first-order valence-electron chi connectivity index (χ1n) is 7.68. The van der Waals surface area contributed by atoms with Gasteiger partial charge in [0.05, 0.1) is 5.92 Å². The van der Waals surface area contributed by atoms with Crippen LogP contribution in [0.4, 0.5) is 10.5 Å². The molecule has 0 radical (unpaired) electrons. The largest absolute Gasteiger partial charge is 0.338 e. The van der Waals surface area contributed by atoms with Gasteiger partial charge in [-0.2, -0.15) is 0 Å². The number of benzene rings is 1. The Morgan fingerprint density at radius 3 is 2.81 bits per heavy atom. The molecule has 5 nitrogen and oxygen atoms in total. The highest BCUT2D eigenvalue weighted by atomic mass is 16.2. The van der Waals surface area contributed by atoms with E-state index < -0.39 is 0 Å². The molecule has 0 aromatic heterocycles. The number of hydrogen-bond acceptors (Lipinski definition) is 2. The maximum atomic E-state index is 11.9. The molecule has 5 heteroatoms. The Balaban J connectivity index is 1.47. The molecule has 0 saturated heterocycles. The Kier molecular flexibility index (Phi) is 4.08. The highest BCUT2D eigenvalue weighted by Crippen LogP contribution is 2.33. The molecule has 1 atom stereocenters. The van der Waals surface area contributed by atoms with Gasteiger partial charge in [-0.3, -0.25) is 4.79 Å². The second kappa shape index (κ2) is 6.16. The zero-order chi connectivity index (χ0) is 14.7. The molecule has 3 amide bonds. The average Bonchev–Trinajstić information content (AvgIpc) is 3.07. The zero-order valence-electron chi connectivity index (χ0n) is 12.0. The molecule has 2 aliphatic rings. The number of amides is 3. The van der Waals surface area contributed by atoms with E-state index in [4.69, 9.17) is 0 Å². The van der Waals surface area contributed by atoms with Gasteiger partial charge in [-0.15, -0.1) is 0 Å². The second-order valence-corrected chi connectivity index (χ2v) is 5.80. The number of fused-ring (bicyclic) bond motifs is 1. The zero-order valence-corrected chi connectivity index (χ0v) is 12.0. The minimum Gasteiger partial charge on any atom is -0.338 e. The van der Waals surface area contributed by atoms with Crippen LogP contribution in [0.3, 0.4) is 0 Å². The summed E-state index contributed by atoms with van der Waals surface area (Å²) in [6.45, 7) is 0.505. The molecule has 1 aromatic carbocycles.